The fourth-order valence-corrected chi connectivity index (χ4v) is 5.10. The molecule has 2 aromatic carbocycles. The molecule has 0 saturated heterocycles. The Morgan fingerprint density at radius 2 is 2.00 bits per heavy atom. The monoisotopic (exact) mass is 427 g/mol. The molecule has 1 aliphatic heterocycles. The number of ether oxygens (including phenoxy) is 2. The Hall–Kier alpha value is -2.35. The number of thiazole rings is 1. The van der Waals surface area contributed by atoms with Gasteiger partial charge in [-0.05, 0) is 42.8 Å². The van der Waals surface area contributed by atoms with Gasteiger partial charge in [-0.1, -0.05) is 35.5 Å². The summed E-state index contributed by atoms with van der Waals surface area (Å²) in [6.45, 7) is 2.25. The first-order valence-corrected chi connectivity index (χ1v) is 10.8. The maximum absolute atomic E-state index is 6.09. The Morgan fingerprint density at radius 1 is 1.11 bits per heavy atom. The van der Waals surface area contributed by atoms with Crippen LogP contribution in [-0.4, -0.2) is 22.0 Å². The second-order valence-corrected chi connectivity index (χ2v) is 8.85. The molecule has 0 spiro atoms. The number of aryl methyl sites for hydroxylation is 1. The molecular weight excluding hydrogens is 414 g/mol. The number of fused-ring (bicyclic) bond motifs is 2. The summed E-state index contributed by atoms with van der Waals surface area (Å²) in [7, 11) is 0. The van der Waals surface area contributed by atoms with Gasteiger partial charge in [-0.25, -0.2) is 4.98 Å². The van der Waals surface area contributed by atoms with Crippen molar-refractivity contribution in [3.8, 4) is 22.8 Å². The van der Waals surface area contributed by atoms with E-state index in [0.29, 0.717) is 0 Å². The average Bonchev–Trinajstić information content (AvgIpc) is 3.31. The van der Waals surface area contributed by atoms with Crippen LogP contribution in [0.4, 0.5) is 0 Å². The van der Waals surface area contributed by atoms with Crippen molar-refractivity contribution in [3.05, 3.63) is 58.1 Å². The van der Waals surface area contributed by atoms with Crippen LogP contribution in [0.5, 0.6) is 11.5 Å². The maximum atomic E-state index is 6.09. The zero-order valence-electron chi connectivity index (χ0n) is 14.8. The van der Waals surface area contributed by atoms with Crippen molar-refractivity contribution in [2.24, 2.45) is 0 Å². The normalized spacial score (nSPS) is 12.6. The van der Waals surface area contributed by atoms with E-state index in [1.807, 2.05) is 43.3 Å². The van der Waals surface area contributed by atoms with Crippen molar-refractivity contribution in [2.75, 3.05) is 6.79 Å². The van der Waals surface area contributed by atoms with Crippen molar-refractivity contribution in [3.63, 3.8) is 0 Å². The van der Waals surface area contributed by atoms with Crippen LogP contribution in [0.2, 0.25) is 5.02 Å². The lowest BCUT2D eigenvalue weighted by atomic mass is 10.1. The highest BCUT2D eigenvalue weighted by Gasteiger charge is 2.19. The summed E-state index contributed by atoms with van der Waals surface area (Å²) in [5.41, 5.74) is 3.78. The predicted molar refractivity (Wildman–Crippen MR) is 113 cm³/mol. The second kappa shape index (κ2) is 7.24. The summed E-state index contributed by atoms with van der Waals surface area (Å²) in [5, 5.41) is 11.5. The van der Waals surface area contributed by atoms with Crippen LogP contribution in [0.1, 0.15) is 10.6 Å². The third-order valence-corrected chi connectivity index (χ3v) is 6.54. The van der Waals surface area contributed by atoms with E-state index < -0.39 is 0 Å². The Morgan fingerprint density at radius 3 is 2.89 bits per heavy atom. The number of nitrogens with zero attached hydrogens (tertiary/aromatic N) is 3. The minimum Gasteiger partial charge on any atom is -0.454 e. The highest BCUT2D eigenvalue weighted by atomic mass is 35.5. The van der Waals surface area contributed by atoms with Gasteiger partial charge in [0.25, 0.3) is 0 Å². The average molecular weight is 428 g/mol. The predicted octanol–water partition coefficient (Wildman–Crippen LogP) is 5.74. The molecule has 4 aromatic rings. The van der Waals surface area contributed by atoms with Gasteiger partial charge in [-0.15, -0.1) is 21.5 Å². The Kier molecular flexibility index (Phi) is 4.58. The topological polar surface area (TPSA) is 57.1 Å². The number of aromatic nitrogens is 3. The fourth-order valence-electron chi connectivity index (χ4n) is 3.03. The number of halogens is 1. The van der Waals surface area contributed by atoms with E-state index >= 15 is 0 Å². The van der Waals surface area contributed by atoms with Crippen LogP contribution in [0.3, 0.4) is 0 Å². The van der Waals surface area contributed by atoms with Crippen LogP contribution in [-0.2, 0) is 5.75 Å². The van der Waals surface area contributed by atoms with Gasteiger partial charge < -0.3 is 9.47 Å². The molecule has 0 radical (unpaired) electrons. The van der Waals surface area contributed by atoms with Crippen LogP contribution < -0.4 is 9.47 Å². The molecule has 1 aliphatic rings. The molecule has 0 bridgehead atoms. The van der Waals surface area contributed by atoms with Crippen LogP contribution >= 0.6 is 34.7 Å². The van der Waals surface area contributed by atoms with Gasteiger partial charge in [-0.3, -0.25) is 0 Å². The molecule has 5 nitrogen and oxygen atoms in total. The molecule has 2 aromatic heterocycles. The van der Waals surface area contributed by atoms with Crippen molar-refractivity contribution < 1.29 is 9.47 Å². The SMILES string of the molecule is Cc1nc2c(SCc3cccc(Cl)c3)nnc(-c3ccc4c(c3)OCO4)c2s1. The Labute approximate surface area is 174 Å². The van der Waals surface area contributed by atoms with E-state index in [-0.39, 0.29) is 6.79 Å². The maximum Gasteiger partial charge on any atom is 0.231 e. The summed E-state index contributed by atoms with van der Waals surface area (Å²) in [5.74, 6) is 2.24. The number of rotatable bonds is 4. The lowest BCUT2D eigenvalue weighted by molar-refractivity contribution is 0.174. The van der Waals surface area contributed by atoms with E-state index in [9.17, 15) is 0 Å². The largest absolute Gasteiger partial charge is 0.454 e. The summed E-state index contributed by atoms with van der Waals surface area (Å²) >= 11 is 9.33. The molecular formula is C20H14ClN3O2S2. The highest BCUT2D eigenvalue weighted by molar-refractivity contribution is 7.98. The van der Waals surface area contributed by atoms with Crippen LogP contribution in [0.15, 0.2) is 47.5 Å². The summed E-state index contributed by atoms with van der Waals surface area (Å²) in [6, 6.07) is 13.7. The first-order chi connectivity index (χ1) is 13.7. The van der Waals surface area contributed by atoms with E-state index in [2.05, 4.69) is 16.3 Å². The number of hydrogen-bond donors (Lipinski definition) is 0. The summed E-state index contributed by atoms with van der Waals surface area (Å²) in [4.78, 5) is 4.71. The van der Waals surface area contributed by atoms with E-state index in [0.717, 1.165) is 59.3 Å². The molecule has 0 fully saturated rings. The van der Waals surface area contributed by atoms with E-state index in [4.69, 9.17) is 26.1 Å². The molecule has 0 saturated carbocycles. The van der Waals surface area contributed by atoms with Gasteiger partial charge in [0.15, 0.2) is 11.5 Å². The Balaban J connectivity index is 1.52. The lowest BCUT2D eigenvalue weighted by Gasteiger charge is -2.06. The molecule has 0 atom stereocenters. The van der Waals surface area contributed by atoms with Crippen molar-refractivity contribution in [1.82, 2.24) is 15.2 Å². The smallest absolute Gasteiger partial charge is 0.231 e. The highest BCUT2D eigenvalue weighted by Crippen LogP contribution is 2.40. The van der Waals surface area contributed by atoms with E-state index in [1.54, 1.807) is 23.1 Å². The number of hydrogen-bond acceptors (Lipinski definition) is 7. The molecule has 3 heterocycles. The van der Waals surface area contributed by atoms with Gasteiger partial charge in [0.2, 0.25) is 6.79 Å². The van der Waals surface area contributed by atoms with Gasteiger partial charge in [0.05, 0.1) is 9.71 Å². The van der Waals surface area contributed by atoms with Crippen molar-refractivity contribution in [2.45, 2.75) is 17.7 Å². The first kappa shape index (κ1) is 17.7. The third kappa shape index (κ3) is 3.30. The zero-order chi connectivity index (χ0) is 19.1. The third-order valence-electron chi connectivity index (χ3n) is 4.30. The minimum absolute atomic E-state index is 0.249. The molecule has 0 unspecified atom stereocenters. The van der Waals surface area contributed by atoms with Gasteiger partial charge in [0.1, 0.15) is 16.2 Å². The summed E-state index contributed by atoms with van der Waals surface area (Å²) in [6.07, 6.45) is 0. The fraction of sp³-hybridized carbons (Fsp3) is 0.150. The van der Waals surface area contributed by atoms with Gasteiger partial charge >= 0.3 is 0 Å². The summed E-state index contributed by atoms with van der Waals surface area (Å²) < 4.78 is 11.9. The molecule has 140 valence electrons. The molecule has 8 heteroatoms. The van der Waals surface area contributed by atoms with Gasteiger partial charge in [0, 0.05) is 16.3 Å². The van der Waals surface area contributed by atoms with Crippen LogP contribution in [0.25, 0.3) is 21.5 Å². The Bertz CT molecular complexity index is 1200. The molecule has 0 amide bonds. The standard InChI is InChI=1S/C20H14ClN3O2S2/c1-11-22-18-19(28-11)17(13-5-6-15-16(8-13)26-10-25-15)23-24-20(18)27-9-12-3-2-4-14(21)7-12/h2-8H,9-10H2,1H3. The lowest BCUT2D eigenvalue weighted by Crippen LogP contribution is -1.93. The van der Waals surface area contributed by atoms with E-state index in [1.165, 1.54) is 0 Å². The molecule has 0 N–H and O–H groups in total. The van der Waals surface area contributed by atoms with Gasteiger partial charge in [-0.2, -0.15) is 0 Å². The second-order valence-electron chi connectivity index (χ2n) is 6.25. The number of thioether (sulfide) groups is 1. The number of benzene rings is 2. The molecule has 0 aliphatic carbocycles. The van der Waals surface area contributed by atoms with Crippen LogP contribution in [0, 0.1) is 6.92 Å². The van der Waals surface area contributed by atoms with Crippen molar-refractivity contribution in [1.29, 1.82) is 0 Å². The zero-order valence-corrected chi connectivity index (χ0v) is 17.2. The molecule has 5 rings (SSSR count). The molecule has 28 heavy (non-hydrogen) atoms. The first-order valence-electron chi connectivity index (χ1n) is 8.58. The van der Waals surface area contributed by atoms with Crippen molar-refractivity contribution >= 4 is 44.9 Å². The minimum atomic E-state index is 0.249. The quantitative estimate of drug-likeness (QED) is 0.387.